The van der Waals surface area contributed by atoms with Crippen molar-refractivity contribution in [2.24, 2.45) is 0 Å². The molecular weight excluding hydrogens is 762 g/mol. The van der Waals surface area contributed by atoms with Crippen LogP contribution in [-0.2, 0) is 9.47 Å². The lowest BCUT2D eigenvalue weighted by Gasteiger charge is -2.24. The summed E-state index contributed by atoms with van der Waals surface area (Å²) in [6.07, 6.45) is 0. The molecule has 0 radical (unpaired) electrons. The Morgan fingerprint density at radius 2 is 1.07 bits per heavy atom. The van der Waals surface area contributed by atoms with Crippen LogP contribution in [0, 0.1) is 13.1 Å². The van der Waals surface area contributed by atoms with Gasteiger partial charge in [-0.3, -0.25) is 9.59 Å². The van der Waals surface area contributed by atoms with E-state index in [1.807, 2.05) is 19.9 Å². The van der Waals surface area contributed by atoms with Crippen molar-refractivity contribution in [3.63, 3.8) is 0 Å². The first kappa shape index (κ1) is 49.6. The van der Waals surface area contributed by atoms with Crippen LogP contribution >= 0.6 is 11.6 Å². The van der Waals surface area contributed by atoms with Gasteiger partial charge in [0, 0.05) is 24.2 Å². The molecule has 4 aromatic carbocycles. The molecule has 13 nitrogen and oxygen atoms in total. The molecule has 58 heavy (non-hydrogen) atoms. The zero-order chi connectivity index (χ0) is 43.6. The van der Waals surface area contributed by atoms with Gasteiger partial charge < -0.3 is 34.1 Å². The number of rotatable bonds is 13. The number of anilines is 2. The third-order valence-corrected chi connectivity index (χ3v) is 8.47. The number of carbonyl (C=O) groups is 4. The number of esters is 2. The van der Waals surface area contributed by atoms with Gasteiger partial charge in [0.1, 0.15) is 11.1 Å². The first-order chi connectivity index (χ1) is 27.9. The van der Waals surface area contributed by atoms with E-state index in [1.165, 1.54) is 65.1 Å². The van der Waals surface area contributed by atoms with Crippen LogP contribution in [0.5, 0.6) is 11.5 Å². The molecular formula is C44H52ClN5O8. The van der Waals surface area contributed by atoms with Crippen LogP contribution in [-0.4, -0.2) is 89.2 Å². The molecule has 0 unspecified atom stereocenters. The first-order valence-electron chi connectivity index (χ1n) is 18.3. The van der Waals surface area contributed by atoms with Crippen molar-refractivity contribution in [2.75, 3.05) is 71.4 Å². The summed E-state index contributed by atoms with van der Waals surface area (Å²) in [6.45, 7) is 28.7. The van der Waals surface area contributed by atoms with Crippen molar-refractivity contribution in [1.29, 1.82) is 0 Å². The van der Waals surface area contributed by atoms with E-state index in [2.05, 4.69) is 45.4 Å². The fourth-order valence-electron chi connectivity index (χ4n) is 5.18. The molecule has 0 aliphatic carbocycles. The van der Waals surface area contributed by atoms with Crippen molar-refractivity contribution >= 4 is 57.4 Å². The molecule has 1 N–H and O–H groups in total. The molecule has 0 fully saturated rings. The highest BCUT2D eigenvalue weighted by molar-refractivity contribution is 6.67. The van der Waals surface area contributed by atoms with Crippen molar-refractivity contribution in [3.05, 3.63) is 130 Å². The molecule has 4 rings (SSSR count). The van der Waals surface area contributed by atoms with Crippen molar-refractivity contribution < 1.29 is 38.1 Å². The molecule has 0 saturated heterocycles. The molecule has 0 bridgehead atoms. The fourth-order valence-corrected chi connectivity index (χ4v) is 5.30. The number of ether oxygens (including phenoxy) is 4. The van der Waals surface area contributed by atoms with Crippen molar-refractivity contribution in [2.45, 2.75) is 34.6 Å². The number of nitrogens with one attached hydrogen (secondary N) is 1. The fraction of sp³-hybridized carbons (Fsp3) is 0.318. The predicted molar refractivity (Wildman–Crippen MR) is 229 cm³/mol. The lowest BCUT2D eigenvalue weighted by atomic mass is 10.1. The summed E-state index contributed by atoms with van der Waals surface area (Å²) in [5.41, 5.74) is 3.78. The average molecular weight is 814 g/mol. The Hall–Kier alpha value is -6.41. The second-order valence-electron chi connectivity index (χ2n) is 11.5. The predicted octanol–water partition coefficient (Wildman–Crippen LogP) is 9.58. The molecule has 0 aliphatic rings. The Morgan fingerprint density at radius 1 is 0.621 bits per heavy atom. The van der Waals surface area contributed by atoms with Crippen LogP contribution in [0.1, 0.15) is 76.1 Å². The van der Waals surface area contributed by atoms with E-state index in [0.717, 1.165) is 12.2 Å². The van der Waals surface area contributed by atoms with E-state index in [-0.39, 0.29) is 17.2 Å². The Bertz CT molecular complexity index is 2000. The highest BCUT2D eigenvalue weighted by Crippen LogP contribution is 2.34. The topological polar surface area (TPSA) is 132 Å². The van der Waals surface area contributed by atoms with Gasteiger partial charge in [0.25, 0.3) is 11.1 Å². The number of para-hydroxylation sites is 2. The molecule has 0 aromatic heterocycles. The van der Waals surface area contributed by atoms with Gasteiger partial charge in [-0.05, 0) is 69.3 Å². The van der Waals surface area contributed by atoms with E-state index < -0.39 is 17.2 Å². The van der Waals surface area contributed by atoms with Crippen molar-refractivity contribution in [1.82, 2.24) is 4.90 Å². The maximum absolute atomic E-state index is 12.9. The van der Waals surface area contributed by atoms with Gasteiger partial charge in [0.2, 0.25) is 0 Å². The Balaban J connectivity index is 0.000000432. The third kappa shape index (κ3) is 14.9. The molecule has 1 amide bonds. The molecule has 0 aliphatic heterocycles. The van der Waals surface area contributed by atoms with E-state index >= 15 is 0 Å². The Labute approximate surface area is 347 Å². The van der Waals surface area contributed by atoms with Gasteiger partial charge in [-0.2, -0.15) is 0 Å². The van der Waals surface area contributed by atoms with Gasteiger partial charge in [-0.1, -0.05) is 81.4 Å². The molecule has 0 saturated carbocycles. The number of amides is 1. The molecule has 4 aromatic rings. The number of hydrogen-bond donors (Lipinski definition) is 1. The monoisotopic (exact) mass is 813 g/mol. The molecule has 14 heteroatoms. The maximum atomic E-state index is 12.9. The van der Waals surface area contributed by atoms with Gasteiger partial charge in [-0.15, -0.1) is 0 Å². The standard InChI is InChI=1S/C19H18N2O4.C11H15NO3.C8H4ClNO.C6H15N/c1-5-21(18(22)13-9-11-14(20-2)12-10-13)16-8-6-7-15(17(16)24-3)19(23)25-4;1-4-12-9-7-5-6-8(10(9)14-2)11(13)15-3;1-10-7-4-2-6(3-5-7)8(9)11;1-4-7(5-2)6-3/h6-12H,5H2,1,3-4H3;5-7,12H,4H2,1-3H3;2-5H;4-6H2,1-3H3. The van der Waals surface area contributed by atoms with E-state index in [4.69, 9.17) is 39.0 Å². The smallest absolute Gasteiger partial charge is 0.341 e. The molecule has 0 spiro atoms. The minimum absolute atomic E-state index is 0.247. The number of benzene rings is 4. The maximum Gasteiger partial charge on any atom is 0.341 e. The number of carbonyl (C=O) groups excluding carboxylic acids is 4. The first-order valence-corrected chi connectivity index (χ1v) is 18.7. The van der Waals surface area contributed by atoms with E-state index in [0.29, 0.717) is 46.0 Å². The molecule has 0 heterocycles. The Morgan fingerprint density at radius 3 is 1.43 bits per heavy atom. The van der Waals surface area contributed by atoms with Gasteiger partial charge in [0.05, 0.1) is 53.0 Å². The minimum Gasteiger partial charge on any atom is -0.494 e. The normalized spacial score (nSPS) is 9.60. The lowest BCUT2D eigenvalue weighted by molar-refractivity contribution is 0.0588. The summed E-state index contributed by atoms with van der Waals surface area (Å²) >= 11 is 5.18. The van der Waals surface area contributed by atoms with Crippen LogP contribution in [0.3, 0.4) is 0 Å². The number of halogens is 1. The number of hydrogen-bond acceptors (Lipinski definition) is 10. The van der Waals surface area contributed by atoms with Gasteiger partial charge in [-0.25, -0.2) is 19.3 Å². The van der Waals surface area contributed by atoms with E-state index in [9.17, 15) is 19.2 Å². The highest BCUT2D eigenvalue weighted by atomic mass is 35.5. The SMILES string of the molecule is CCN(CC)CC.CCNc1cccc(C(=O)OC)c1OC.[C-]#[N+]c1ccc(C(=O)Cl)cc1.[C-]#[N+]c1ccc(C(=O)N(CC)c2cccc(C(=O)OC)c2OC)cc1. The summed E-state index contributed by atoms with van der Waals surface area (Å²) in [5.74, 6) is -0.386. The summed E-state index contributed by atoms with van der Waals surface area (Å²) in [5, 5.41) is 2.62. The Kier molecular flexibility index (Phi) is 23.3. The van der Waals surface area contributed by atoms with Crippen LogP contribution < -0.4 is 19.7 Å². The molecule has 308 valence electrons. The summed E-state index contributed by atoms with van der Waals surface area (Å²) in [6, 6.07) is 22.8. The zero-order valence-corrected chi connectivity index (χ0v) is 35.3. The van der Waals surface area contributed by atoms with E-state index in [1.54, 1.807) is 66.7 Å². The quantitative estimate of drug-likeness (QED) is 0.0791. The minimum atomic E-state index is -0.538. The largest absolute Gasteiger partial charge is 0.494 e. The zero-order valence-electron chi connectivity index (χ0n) is 34.6. The lowest BCUT2D eigenvalue weighted by Crippen LogP contribution is -2.31. The van der Waals surface area contributed by atoms with Crippen molar-refractivity contribution in [3.8, 4) is 11.5 Å². The van der Waals surface area contributed by atoms with Crippen LogP contribution in [0.2, 0.25) is 0 Å². The second-order valence-corrected chi connectivity index (χ2v) is 11.9. The van der Waals surface area contributed by atoms with Crippen LogP contribution in [0.15, 0.2) is 84.9 Å². The number of nitrogens with zero attached hydrogens (tertiary/aromatic N) is 4. The third-order valence-electron chi connectivity index (χ3n) is 8.26. The average Bonchev–Trinajstić information content (AvgIpc) is 3.27. The summed E-state index contributed by atoms with van der Waals surface area (Å²) in [4.78, 5) is 57.1. The second kappa shape index (κ2) is 27.2. The number of methoxy groups -OCH3 is 4. The van der Waals surface area contributed by atoms with Gasteiger partial charge >= 0.3 is 11.9 Å². The highest BCUT2D eigenvalue weighted by Gasteiger charge is 2.24. The van der Waals surface area contributed by atoms with Crippen LogP contribution in [0.25, 0.3) is 9.69 Å². The van der Waals surface area contributed by atoms with Crippen LogP contribution in [0.4, 0.5) is 22.7 Å². The molecule has 0 atom stereocenters. The summed E-state index contributed by atoms with van der Waals surface area (Å²) in [7, 11) is 5.61. The van der Waals surface area contributed by atoms with Gasteiger partial charge in [0.15, 0.2) is 22.9 Å². The summed E-state index contributed by atoms with van der Waals surface area (Å²) < 4.78 is 20.0.